The maximum Gasteiger partial charge on any atom is 0.226 e. The molecule has 2 aromatic rings. The van der Waals surface area contributed by atoms with Crippen molar-refractivity contribution in [1.29, 1.82) is 0 Å². The largest absolute Gasteiger partial charge is 0.370 e. The van der Waals surface area contributed by atoms with Crippen LogP contribution < -0.4 is 16.4 Å². The Morgan fingerprint density at radius 2 is 1.72 bits per heavy atom. The second-order valence-electron chi connectivity index (χ2n) is 6.05. The number of aliphatic imine (C=N–C) groups is 1. The zero-order valence-electron chi connectivity index (χ0n) is 14.7. The number of rotatable bonds is 5. The fourth-order valence-corrected chi connectivity index (χ4v) is 2.73. The van der Waals surface area contributed by atoms with E-state index >= 15 is 0 Å². The molecule has 4 N–H and O–H groups in total. The van der Waals surface area contributed by atoms with Crippen molar-refractivity contribution in [1.82, 2.24) is 0 Å². The number of amides is 1. The third-order valence-electron chi connectivity index (χ3n) is 3.51. The van der Waals surface area contributed by atoms with Gasteiger partial charge in [-0.1, -0.05) is 23.7 Å². The van der Waals surface area contributed by atoms with E-state index in [0.29, 0.717) is 17.3 Å². The summed E-state index contributed by atoms with van der Waals surface area (Å²) < 4.78 is 0. The predicted molar refractivity (Wildman–Crippen MR) is 105 cm³/mol. The minimum Gasteiger partial charge on any atom is -0.370 e. The number of guanidine groups is 1. The molecule has 0 spiro atoms. The van der Waals surface area contributed by atoms with Gasteiger partial charge in [-0.25, -0.2) is 0 Å². The summed E-state index contributed by atoms with van der Waals surface area (Å²) in [5.41, 5.74) is 10.7. The van der Waals surface area contributed by atoms with Crippen molar-refractivity contribution < 1.29 is 4.79 Å². The number of carbonyl (C=O) groups is 1. The molecule has 25 heavy (non-hydrogen) atoms. The van der Waals surface area contributed by atoms with Crippen LogP contribution in [0, 0.1) is 20.8 Å². The minimum atomic E-state index is -0.159. The number of anilines is 2. The Hall–Kier alpha value is -2.53. The molecule has 0 aliphatic rings. The average Bonchev–Trinajstić information content (AvgIpc) is 2.49. The molecule has 0 saturated heterocycles. The van der Waals surface area contributed by atoms with Crippen molar-refractivity contribution in [2.24, 2.45) is 10.7 Å². The van der Waals surface area contributed by atoms with Gasteiger partial charge in [0.2, 0.25) is 5.91 Å². The van der Waals surface area contributed by atoms with Gasteiger partial charge in [-0.15, -0.1) is 0 Å². The van der Waals surface area contributed by atoms with Gasteiger partial charge in [-0.05, 0) is 61.7 Å². The molecule has 0 aliphatic heterocycles. The molecule has 6 heteroatoms. The van der Waals surface area contributed by atoms with Gasteiger partial charge in [0, 0.05) is 12.1 Å². The molecule has 1 amide bonds. The van der Waals surface area contributed by atoms with Gasteiger partial charge in [0.05, 0.1) is 17.3 Å². The maximum absolute atomic E-state index is 12.0. The Kier molecular flexibility index (Phi) is 6.42. The van der Waals surface area contributed by atoms with E-state index in [1.807, 2.05) is 39.0 Å². The van der Waals surface area contributed by atoms with Gasteiger partial charge in [0.15, 0.2) is 5.96 Å². The molecule has 2 aromatic carbocycles. The Morgan fingerprint density at radius 3 is 2.36 bits per heavy atom. The molecule has 0 bridgehead atoms. The number of hydrogen-bond acceptors (Lipinski definition) is 2. The van der Waals surface area contributed by atoms with Crippen LogP contribution in [0.3, 0.4) is 0 Å². The van der Waals surface area contributed by atoms with Gasteiger partial charge in [0.1, 0.15) is 0 Å². The third-order valence-corrected chi connectivity index (χ3v) is 3.83. The van der Waals surface area contributed by atoms with E-state index in [1.165, 1.54) is 0 Å². The van der Waals surface area contributed by atoms with Gasteiger partial charge in [0.25, 0.3) is 0 Å². The van der Waals surface area contributed by atoms with Crippen molar-refractivity contribution in [3.8, 4) is 0 Å². The van der Waals surface area contributed by atoms with Crippen LogP contribution in [-0.2, 0) is 4.79 Å². The van der Waals surface area contributed by atoms with E-state index in [-0.39, 0.29) is 18.3 Å². The Labute approximate surface area is 153 Å². The van der Waals surface area contributed by atoms with Crippen molar-refractivity contribution in [3.05, 3.63) is 58.1 Å². The average molecular weight is 359 g/mol. The highest BCUT2D eigenvalue weighted by molar-refractivity contribution is 6.33. The number of nitrogens with two attached hydrogens (primary N) is 1. The fourth-order valence-electron chi connectivity index (χ4n) is 2.45. The molecule has 0 saturated carbocycles. The van der Waals surface area contributed by atoms with E-state index in [1.54, 1.807) is 12.1 Å². The molecule has 0 unspecified atom stereocenters. The monoisotopic (exact) mass is 358 g/mol. The number of halogens is 1. The van der Waals surface area contributed by atoms with Crippen LogP contribution in [0.1, 0.15) is 23.1 Å². The standard InChI is InChI=1S/C19H23ClN4O/c1-12-4-5-17(16(20)11-12)24-18(25)6-7-22-19(21)23-15-9-13(2)8-14(3)10-15/h4-5,8-11H,6-7H2,1-3H3,(H,24,25)(H3,21,22,23). The van der Waals surface area contributed by atoms with Gasteiger partial charge >= 0.3 is 0 Å². The number of carbonyl (C=O) groups excluding carboxylic acids is 1. The normalized spacial score (nSPS) is 11.3. The van der Waals surface area contributed by atoms with E-state index in [2.05, 4.69) is 21.7 Å². The smallest absolute Gasteiger partial charge is 0.226 e. The molecule has 0 atom stereocenters. The van der Waals surface area contributed by atoms with Gasteiger partial charge in [-0.3, -0.25) is 9.79 Å². The lowest BCUT2D eigenvalue weighted by atomic mass is 10.1. The quantitative estimate of drug-likeness (QED) is 0.557. The summed E-state index contributed by atoms with van der Waals surface area (Å²) in [6, 6.07) is 11.5. The molecule has 0 fully saturated rings. The van der Waals surface area contributed by atoms with E-state index < -0.39 is 0 Å². The highest BCUT2D eigenvalue weighted by atomic mass is 35.5. The number of nitrogens with one attached hydrogen (secondary N) is 2. The SMILES string of the molecule is Cc1cc(C)cc(NC(N)=NCCC(=O)Nc2ccc(C)cc2Cl)c1. The molecule has 0 aromatic heterocycles. The summed E-state index contributed by atoms with van der Waals surface area (Å²) in [6.45, 7) is 6.27. The summed E-state index contributed by atoms with van der Waals surface area (Å²) >= 11 is 6.10. The van der Waals surface area contributed by atoms with Crippen LogP contribution in [-0.4, -0.2) is 18.4 Å². The van der Waals surface area contributed by atoms with E-state index in [0.717, 1.165) is 22.4 Å². The lowest BCUT2D eigenvalue weighted by Crippen LogP contribution is -2.23. The summed E-state index contributed by atoms with van der Waals surface area (Å²) in [6.07, 6.45) is 0.222. The van der Waals surface area contributed by atoms with Crippen LogP contribution in [0.2, 0.25) is 5.02 Å². The number of nitrogens with zero attached hydrogens (tertiary/aromatic N) is 1. The van der Waals surface area contributed by atoms with Crippen LogP contribution in [0.4, 0.5) is 11.4 Å². The van der Waals surface area contributed by atoms with Crippen molar-refractivity contribution >= 4 is 34.8 Å². The van der Waals surface area contributed by atoms with Gasteiger partial charge < -0.3 is 16.4 Å². The Bertz CT molecular complexity index is 782. The number of aryl methyl sites for hydroxylation is 3. The number of benzene rings is 2. The molecule has 2 rings (SSSR count). The maximum atomic E-state index is 12.0. The predicted octanol–water partition coefficient (Wildman–Crippen LogP) is 4.02. The highest BCUT2D eigenvalue weighted by Gasteiger charge is 2.06. The van der Waals surface area contributed by atoms with Crippen molar-refractivity contribution in [3.63, 3.8) is 0 Å². The minimum absolute atomic E-state index is 0.159. The van der Waals surface area contributed by atoms with Crippen LogP contribution in [0.25, 0.3) is 0 Å². The summed E-state index contributed by atoms with van der Waals surface area (Å²) in [5, 5.41) is 6.33. The summed E-state index contributed by atoms with van der Waals surface area (Å²) in [7, 11) is 0. The topological polar surface area (TPSA) is 79.5 Å². The molecule has 0 radical (unpaired) electrons. The molecular weight excluding hydrogens is 336 g/mol. The van der Waals surface area contributed by atoms with Crippen LogP contribution >= 0.6 is 11.6 Å². The summed E-state index contributed by atoms with van der Waals surface area (Å²) in [5.74, 6) is 0.125. The van der Waals surface area contributed by atoms with Crippen LogP contribution in [0.5, 0.6) is 0 Å². The summed E-state index contributed by atoms with van der Waals surface area (Å²) in [4.78, 5) is 16.2. The third kappa shape index (κ3) is 6.12. The lowest BCUT2D eigenvalue weighted by Gasteiger charge is -2.09. The highest BCUT2D eigenvalue weighted by Crippen LogP contribution is 2.22. The van der Waals surface area contributed by atoms with Crippen molar-refractivity contribution in [2.75, 3.05) is 17.2 Å². The first kappa shape index (κ1) is 18.8. The first-order chi connectivity index (χ1) is 11.8. The first-order valence-electron chi connectivity index (χ1n) is 8.05. The molecule has 0 aliphatic carbocycles. The Balaban J connectivity index is 1.85. The first-order valence-corrected chi connectivity index (χ1v) is 8.42. The van der Waals surface area contributed by atoms with E-state index in [4.69, 9.17) is 17.3 Å². The van der Waals surface area contributed by atoms with Gasteiger partial charge in [-0.2, -0.15) is 0 Å². The second kappa shape index (κ2) is 8.53. The molecule has 5 nitrogen and oxygen atoms in total. The molecular formula is C19H23ClN4O. The lowest BCUT2D eigenvalue weighted by molar-refractivity contribution is -0.116. The van der Waals surface area contributed by atoms with Crippen molar-refractivity contribution in [2.45, 2.75) is 27.2 Å². The zero-order chi connectivity index (χ0) is 18.4. The Morgan fingerprint density at radius 1 is 1.04 bits per heavy atom. The molecule has 0 heterocycles. The molecule has 132 valence electrons. The van der Waals surface area contributed by atoms with Crippen LogP contribution in [0.15, 0.2) is 41.4 Å². The zero-order valence-corrected chi connectivity index (χ0v) is 15.4. The fraction of sp³-hybridized carbons (Fsp3) is 0.263. The van der Waals surface area contributed by atoms with E-state index in [9.17, 15) is 4.79 Å². The number of hydrogen-bond donors (Lipinski definition) is 3. The second-order valence-corrected chi connectivity index (χ2v) is 6.46.